The van der Waals surface area contributed by atoms with E-state index in [0.717, 1.165) is 5.69 Å². The Morgan fingerprint density at radius 3 is 2.71 bits per heavy atom. The largest absolute Gasteiger partial charge is 0.381 e. The minimum absolute atomic E-state index is 0.390. The van der Waals surface area contributed by atoms with Crippen molar-refractivity contribution in [3.05, 3.63) is 33.7 Å². The molecule has 0 amide bonds. The molecule has 0 spiro atoms. The number of aromatic nitrogens is 3. The van der Waals surface area contributed by atoms with Gasteiger partial charge >= 0.3 is 0 Å². The highest BCUT2D eigenvalue weighted by atomic mass is 79.9. The van der Waals surface area contributed by atoms with Crippen molar-refractivity contribution in [3.63, 3.8) is 0 Å². The molecule has 2 N–H and O–H groups in total. The fraction of sp³-hybridized carbons (Fsp3) is 0.182. The first-order valence-corrected chi connectivity index (χ1v) is 5.71. The molecule has 0 aromatic carbocycles. The molecule has 17 heavy (non-hydrogen) atoms. The van der Waals surface area contributed by atoms with Crippen LogP contribution in [-0.4, -0.2) is 14.8 Å². The van der Waals surface area contributed by atoms with E-state index in [1.165, 1.54) is 0 Å². The van der Waals surface area contributed by atoms with E-state index in [1.807, 2.05) is 13.0 Å². The highest BCUT2D eigenvalue weighted by Crippen LogP contribution is 2.22. The second kappa shape index (κ2) is 4.18. The standard InChI is InChI=1S/C11H10BrN5/c1-6-3-10(8(4-13)7(2)15-6)17-5-9(12)11(14)16-17/h3,5H,1-2H3,(H2,14,16). The third-order valence-corrected chi connectivity index (χ3v) is 2.97. The first-order valence-electron chi connectivity index (χ1n) is 4.92. The van der Waals surface area contributed by atoms with E-state index in [1.54, 1.807) is 17.8 Å². The lowest BCUT2D eigenvalue weighted by atomic mass is 10.1. The van der Waals surface area contributed by atoms with Crippen LogP contribution in [0, 0.1) is 25.2 Å². The van der Waals surface area contributed by atoms with Crippen molar-refractivity contribution in [1.29, 1.82) is 5.26 Å². The van der Waals surface area contributed by atoms with E-state index < -0.39 is 0 Å². The summed E-state index contributed by atoms with van der Waals surface area (Å²) in [4.78, 5) is 4.25. The summed E-state index contributed by atoms with van der Waals surface area (Å²) in [5.74, 6) is 0.390. The van der Waals surface area contributed by atoms with Gasteiger partial charge in [-0.05, 0) is 35.8 Å². The maximum Gasteiger partial charge on any atom is 0.160 e. The lowest BCUT2D eigenvalue weighted by Crippen LogP contribution is -2.03. The van der Waals surface area contributed by atoms with Gasteiger partial charge in [-0.2, -0.15) is 5.26 Å². The molecule has 0 radical (unpaired) electrons. The molecule has 0 saturated heterocycles. The van der Waals surface area contributed by atoms with Crippen LogP contribution in [0.1, 0.15) is 17.0 Å². The van der Waals surface area contributed by atoms with Crippen LogP contribution >= 0.6 is 15.9 Å². The van der Waals surface area contributed by atoms with Crippen LogP contribution in [0.25, 0.3) is 5.69 Å². The molecule has 2 aromatic heterocycles. The summed E-state index contributed by atoms with van der Waals surface area (Å²) in [7, 11) is 0. The Morgan fingerprint density at radius 2 is 2.18 bits per heavy atom. The van der Waals surface area contributed by atoms with Crippen LogP contribution in [0.15, 0.2) is 16.7 Å². The molecule has 0 atom stereocenters. The van der Waals surface area contributed by atoms with Crippen LogP contribution in [0.2, 0.25) is 0 Å². The topological polar surface area (TPSA) is 80.5 Å². The van der Waals surface area contributed by atoms with Crippen molar-refractivity contribution in [2.24, 2.45) is 0 Å². The van der Waals surface area contributed by atoms with Gasteiger partial charge in [0, 0.05) is 11.9 Å². The number of nitriles is 1. The number of hydrogen-bond acceptors (Lipinski definition) is 4. The van der Waals surface area contributed by atoms with E-state index in [9.17, 15) is 0 Å². The van der Waals surface area contributed by atoms with E-state index in [0.29, 0.717) is 27.2 Å². The molecule has 0 aliphatic rings. The number of anilines is 1. The second-order valence-electron chi connectivity index (χ2n) is 3.66. The summed E-state index contributed by atoms with van der Waals surface area (Å²) in [5.41, 5.74) is 8.39. The molecule has 0 bridgehead atoms. The molecule has 5 nitrogen and oxygen atoms in total. The Labute approximate surface area is 107 Å². The molecular formula is C11H10BrN5. The first kappa shape index (κ1) is 11.6. The minimum atomic E-state index is 0.390. The molecule has 2 aromatic rings. The van der Waals surface area contributed by atoms with Crippen molar-refractivity contribution in [2.45, 2.75) is 13.8 Å². The van der Waals surface area contributed by atoms with E-state index >= 15 is 0 Å². The SMILES string of the molecule is Cc1cc(-n2cc(Br)c(N)n2)c(C#N)c(C)n1. The number of nitrogen functional groups attached to an aromatic ring is 1. The maximum atomic E-state index is 9.15. The number of halogens is 1. The molecule has 2 heterocycles. The van der Waals surface area contributed by atoms with Gasteiger partial charge in [0.2, 0.25) is 0 Å². The van der Waals surface area contributed by atoms with Crippen LogP contribution in [-0.2, 0) is 0 Å². The molecule has 2 rings (SSSR count). The zero-order valence-corrected chi connectivity index (χ0v) is 11.0. The van der Waals surface area contributed by atoms with Gasteiger partial charge in [0.25, 0.3) is 0 Å². The number of aryl methyl sites for hydroxylation is 2. The average molecular weight is 292 g/mol. The molecule has 0 aliphatic carbocycles. The maximum absolute atomic E-state index is 9.15. The summed E-state index contributed by atoms with van der Waals surface area (Å²) in [6.07, 6.45) is 1.73. The number of rotatable bonds is 1. The third kappa shape index (κ3) is 2.01. The van der Waals surface area contributed by atoms with E-state index in [2.05, 4.69) is 32.1 Å². The van der Waals surface area contributed by atoms with Gasteiger partial charge in [-0.1, -0.05) is 0 Å². The summed E-state index contributed by atoms with van der Waals surface area (Å²) in [5, 5.41) is 13.3. The fourth-order valence-electron chi connectivity index (χ4n) is 1.62. The molecule has 86 valence electrons. The molecule has 6 heteroatoms. The van der Waals surface area contributed by atoms with Crippen LogP contribution in [0.5, 0.6) is 0 Å². The van der Waals surface area contributed by atoms with Gasteiger partial charge in [0.05, 0.1) is 21.4 Å². The van der Waals surface area contributed by atoms with Crippen molar-refractivity contribution in [3.8, 4) is 11.8 Å². The number of hydrogen-bond donors (Lipinski definition) is 1. The smallest absolute Gasteiger partial charge is 0.160 e. The van der Waals surface area contributed by atoms with Gasteiger partial charge in [-0.3, -0.25) is 4.98 Å². The zero-order chi connectivity index (χ0) is 12.6. The van der Waals surface area contributed by atoms with E-state index in [4.69, 9.17) is 11.0 Å². The Balaban J connectivity index is 2.70. The summed E-state index contributed by atoms with van der Waals surface area (Å²) < 4.78 is 2.29. The van der Waals surface area contributed by atoms with Crippen molar-refractivity contribution in [2.75, 3.05) is 5.73 Å². The van der Waals surface area contributed by atoms with Crippen molar-refractivity contribution >= 4 is 21.7 Å². The molecule has 0 saturated carbocycles. The summed E-state index contributed by atoms with van der Waals surface area (Å²) in [6.45, 7) is 3.68. The van der Waals surface area contributed by atoms with Gasteiger partial charge in [0.15, 0.2) is 5.82 Å². The van der Waals surface area contributed by atoms with Gasteiger partial charge in [0.1, 0.15) is 6.07 Å². The van der Waals surface area contributed by atoms with Crippen LogP contribution < -0.4 is 5.73 Å². The second-order valence-corrected chi connectivity index (χ2v) is 4.52. The highest BCUT2D eigenvalue weighted by molar-refractivity contribution is 9.10. The average Bonchev–Trinajstić information content (AvgIpc) is 2.58. The Hall–Kier alpha value is -1.87. The minimum Gasteiger partial charge on any atom is -0.381 e. The predicted molar refractivity (Wildman–Crippen MR) is 67.7 cm³/mol. The van der Waals surface area contributed by atoms with Gasteiger partial charge < -0.3 is 5.73 Å². The van der Waals surface area contributed by atoms with Gasteiger partial charge in [-0.15, -0.1) is 5.10 Å². The number of nitrogens with zero attached hydrogens (tertiary/aromatic N) is 4. The first-order chi connectivity index (χ1) is 8.02. The highest BCUT2D eigenvalue weighted by Gasteiger charge is 2.12. The number of pyridine rings is 1. The fourth-order valence-corrected chi connectivity index (χ4v) is 1.89. The third-order valence-electron chi connectivity index (χ3n) is 2.36. The predicted octanol–water partition coefficient (Wildman–Crippen LogP) is 2.10. The Bertz CT molecular complexity index is 604. The number of nitrogens with two attached hydrogens (primary N) is 1. The monoisotopic (exact) mass is 291 g/mol. The van der Waals surface area contributed by atoms with Crippen LogP contribution in [0.3, 0.4) is 0 Å². The Kier molecular flexibility index (Phi) is 2.86. The lowest BCUT2D eigenvalue weighted by Gasteiger charge is -2.07. The lowest BCUT2D eigenvalue weighted by molar-refractivity contribution is 0.871. The van der Waals surface area contributed by atoms with Crippen molar-refractivity contribution in [1.82, 2.24) is 14.8 Å². The Morgan fingerprint density at radius 1 is 1.47 bits per heavy atom. The molecular weight excluding hydrogens is 282 g/mol. The van der Waals surface area contributed by atoms with E-state index in [-0.39, 0.29) is 0 Å². The molecule has 0 fully saturated rings. The van der Waals surface area contributed by atoms with Crippen LogP contribution in [0.4, 0.5) is 5.82 Å². The molecule has 0 unspecified atom stereocenters. The summed E-state index contributed by atoms with van der Waals surface area (Å²) >= 11 is 3.29. The zero-order valence-electron chi connectivity index (χ0n) is 9.40. The summed E-state index contributed by atoms with van der Waals surface area (Å²) in [6, 6.07) is 3.95. The quantitative estimate of drug-likeness (QED) is 0.872. The normalized spacial score (nSPS) is 10.2. The van der Waals surface area contributed by atoms with Gasteiger partial charge in [-0.25, -0.2) is 4.68 Å². The van der Waals surface area contributed by atoms with Crippen molar-refractivity contribution < 1.29 is 0 Å². The molecule has 0 aliphatic heterocycles.